The molecular formula is C17H24N2O6S. The number of aliphatic imine (C=N–C) groups is 1. The zero-order valence-electron chi connectivity index (χ0n) is 15.2. The van der Waals surface area contributed by atoms with Crippen LogP contribution in [0, 0.1) is 0 Å². The first-order valence-electron chi connectivity index (χ1n) is 8.29. The highest BCUT2D eigenvalue weighted by Crippen LogP contribution is 2.37. The molecule has 2 rings (SSSR count). The Hall–Kier alpha value is -1.84. The molecule has 1 N–H and O–H groups in total. The van der Waals surface area contributed by atoms with Crippen molar-refractivity contribution in [1.29, 1.82) is 0 Å². The summed E-state index contributed by atoms with van der Waals surface area (Å²) in [6.45, 7) is 5.40. The topological polar surface area (TPSA) is 99.5 Å². The number of carbonyl (C=O) groups excluding carboxylic acids is 1. The highest BCUT2D eigenvalue weighted by atomic mass is 32.2. The van der Waals surface area contributed by atoms with Gasteiger partial charge < -0.3 is 24.1 Å². The van der Waals surface area contributed by atoms with E-state index in [4.69, 9.17) is 18.9 Å². The normalized spacial score (nSPS) is 19.3. The monoisotopic (exact) mass is 384 g/mol. The highest BCUT2D eigenvalue weighted by molar-refractivity contribution is 8.14. The Balaban J connectivity index is 2.03. The number of ether oxygens (including phenoxy) is 4. The molecule has 0 bridgehead atoms. The second-order valence-electron chi connectivity index (χ2n) is 5.66. The standard InChI is InChI=1S/C17H24N2O6S/c1-4-24-16(21)17(2)11-26-15(19-17)13-14(20)12(5-6-18-13)25-10-9-23-8-7-22-3/h5-6,20H,4,7-11H2,1-3H3/t17-/m1/s1. The van der Waals surface area contributed by atoms with Crippen molar-refractivity contribution in [2.24, 2.45) is 4.99 Å². The first-order valence-corrected chi connectivity index (χ1v) is 9.28. The molecule has 1 atom stereocenters. The first kappa shape index (κ1) is 20.5. The molecule has 0 fully saturated rings. The van der Waals surface area contributed by atoms with Crippen molar-refractivity contribution in [3.8, 4) is 11.5 Å². The fourth-order valence-electron chi connectivity index (χ4n) is 2.17. The minimum absolute atomic E-state index is 0.108. The molecule has 0 spiro atoms. The number of methoxy groups -OCH3 is 1. The van der Waals surface area contributed by atoms with E-state index in [2.05, 4.69) is 9.98 Å². The Morgan fingerprint density at radius 1 is 1.35 bits per heavy atom. The molecule has 0 radical (unpaired) electrons. The number of aromatic hydroxyl groups is 1. The largest absolute Gasteiger partial charge is 0.503 e. The van der Waals surface area contributed by atoms with Gasteiger partial charge in [-0.3, -0.25) is 4.99 Å². The van der Waals surface area contributed by atoms with Gasteiger partial charge in [-0.15, -0.1) is 11.8 Å². The number of hydrogen-bond donors (Lipinski definition) is 1. The van der Waals surface area contributed by atoms with E-state index in [0.717, 1.165) is 0 Å². The Morgan fingerprint density at radius 2 is 2.12 bits per heavy atom. The Labute approximate surface area is 156 Å². The molecule has 9 heteroatoms. The lowest BCUT2D eigenvalue weighted by atomic mass is 10.1. The van der Waals surface area contributed by atoms with Crippen LogP contribution in [0.4, 0.5) is 0 Å². The van der Waals surface area contributed by atoms with E-state index < -0.39 is 5.54 Å². The molecule has 0 saturated carbocycles. The number of nitrogens with zero attached hydrogens (tertiary/aromatic N) is 2. The van der Waals surface area contributed by atoms with Crippen LogP contribution in [0.2, 0.25) is 0 Å². The van der Waals surface area contributed by atoms with Crippen LogP contribution in [0.1, 0.15) is 19.5 Å². The molecule has 0 unspecified atom stereocenters. The third-order valence-electron chi connectivity index (χ3n) is 3.56. The molecule has 0 aromatic carbocycles. The number of aromatic nitrogens is 1. The fourth-order valence-corrected chi connectivity index (χ4v) is 3.33. The van der Waals surface area contributed by atoms with Gasteiger partial charge in [-0.05, 0) is 13.8 Å². The lowest BCUT2D eigenvalue weighted by molar-refractivity contribution is -0.147. The zero-order valence-corrected chi connectivity index (χ0v) is 16.0. The van der Waals surface area contributed by atoms with Gasteiger partial charge in [-0.25, -0.2) is 9.78 Å². The molecule has 2 heterocycles. The van der Waals surface area contributed by atoms with Crippen LogP contribution in [0.5, 0.6) is 11.5 Å². The van der Waals surface area contributed by atoms with Crippen molar-refractivity contribution in [2.45, 2.75) is 19.4 Å². The maximum Gasteiger partial charge on any atom is 0.334 e. The molecule has 1 aromatic heterocycles. The molecule has 1 aromatic rings. The summed E-state index contributed by atoms with van der Waals surface area (Å²) in [6, 6.07) is 1.57. The van der Waals surface area contributed by atoms with Crippen LogP contribution >= 0.6 is 11.8 Å². The van der Waals surface area contributed by atoms with E-state index in [1.807, 2.05) is 0 Å². The van der Waals surface area contributed by atoms with E-state index in [1.165, 1.54) is 18.0 Å². The number of rotatable bonds is 10. The summed E-state index contributed by atoms with van der Waals surface area (Å²) in [5, 5.41) is 10.9. The maximum absolute atomic E-state index is 12.1. The van der Waals surface area contributed by atoms with Gasteiger partial charge in [-0.2, -0.15) is 0 Å². The van der Waals surface area contributed by atoms with Crippen LogP contribution in [-0.2, 0) is 19.0 Å². The summed E-state index contributed by atoms with van der Waals surface area (Å²) in [6.07, 6.45) is 1.53. The SMILES string of the molecule is CCOC(=O)[C@@]1(C)CSC(c2nccc(OCCOCCOC)c2O)=N1. The van der Waals surface area contributed by atoms with Crippen LogP contribution in [-0.4, -0.2) is 72.5 Å². The Kier molecular flexibility index (Phi) is 7.67. The summed E-state index contributed by atoms with van der Waals surface area (Å²) in [4.78, 5) is 20.7. The Bertz CT molecular complexity index is 654. The van der Waals surface area contributed by atoms with Gasteiger partial charge in [0.25, 0.3) is 0 Å². The van der Waals surface area contributed by atoms with E-state index in [-0.39, 0.29) is 18.3 Å². The van der Waals surface area contributed by atoms with Crippen LogP contribution in [0.25, 0.3) is 0 Å². The zero-order chi connectivity index (χ0) is 19.0. The molecule has 144 valence electrons. The predicted molar refractivity (Wildman–Crippen MR) is 98.1 cm³/mol. The summed E-state index contributed by atoms with van der Waals surface area (Å²) in [5.74, 6) is 0.227. The second kappa shape index (κ2) is 9.75. The van der Waals surface area contributed by atoms with Gasteiger partial charge in [0.1, 0.15) is 17.3 Å². The van der Waals surface area contributed by atoms with Crippen molar-refractivity contribution < 1.29 is 28.8 Å². The third kappa shape index (κ3) is 5.09. The van der Waals surface area contributed by atoms with Crippen molar-refractivity contribution in [2.75, 3.05) is 45.9 Å². The molecular weight excluding hydrogens is 360 g/mol. The lowest BCUT2D eigenvalue weighted by Crippen LogP contribution is -2.35. The molecule has 1 aliphatic rings. The van der Waals surface area contributed by atoms with Crippen LogP contribution in [0.3, 0.4) is 0 Å². The molecule has 0 amide bonds. The van der Waals surface area contributed by atoms with Gasteiger partial charge in [0, 0.05) is 25.1 Å². The van der Waals surface area contributed by atoms with Crippen molar-refractivity contribution in [3.63, 3.8) is 0 Å². The summed E-state index contributed by atoms with van der Waals surface area (Å²) >= 11 is 1.35. The van der Waals surface area contributed by atoms with Crippen molar-refractivity contribution in [3.05, 3.63) is 18.0 Å². The number of pyridine rings is 1. The van der Waals surface area contributed by atoms with Crippen LogP contribution < -0.4 is 4.74 Å². The predicted octanol–water partition coefficient (Wildman–Crippen LogP) is 1.64. The smallest absolute Gasteiger partial charge is 0.334 e. The number of carbonyl (C=O) groups is 1. The lowest BCUT2D eigenvalue weighted by Gasteiger charge is -2.16. The number of thioether (sulfide) groups is 1. The summed E-state index contributed by atoms with van der Waals surface area (Å²) in [5.41, 5.74) is -0.684. The van der Waals surface area contributed by atoms with Crippen LogP contribution in [0.15, 0.2) is 17.3 Å². The molecule has 0 aliphatic carbocycles. The minimum atomic E-state index is -0.976. The molecule has 0 saturated heterocycles. The molecule has 8 nitrogen and oxygen atoms in total. The van der Waals surface area contributed by atoms with Gasteiger partial charge >= 0.3 is 5.97 Å². The van der Waals surface area contributed by atoms with Gasteiger partial charge in [0.05, 0.1) is 26.4 Å². The average Bonchev–Trinajstić information content (AvgIpc) is 3.03. The van der Waals surface area contributed by atoms with Crippen molar-refractivity contribution in [1.82, 2.24) is 4.98 Å². The van der Waals surface area contributed by atoms with Gasteiger partial charge in [0.2, 0.25) is 0 Å². The fraction of sp³-hybridized carbons (Fsp3) is 0.588. The van der Waals surface area contributed by atoms with Gasteiger partial charge in [-0.1, -0.05) is 0 Å². The number of hydrogen-bond acceptors (Lipinski definition) is 9. The molecule has 1 aliphatic heterocycles. The Morgan fingerprint density at radius 3 is 2.85 bits per heavy atom. The maximum atomic E-state index is 12.1. The second-order valence-corrected chi connectivity index (χ2v) is 6.62. The van der Waals surface area contributed by atoms with E-state index in [0.29, 0.717) is 48.7 Å². The van der Waals surface area contributed by atoms with E-state index in [1.54, 1.807) is 27.0 Å². The first-order chi connectivity index (χ1) is 12.5. The van der Waals surface area contributed by atoms with Crippen molar-refractivity contribution >= 4 is 22.8 Å². The highest BCUT2D eigenvalue weighted by Gasteiger charge is 2.40. The summed E-state index contributed by atoms with van der Waals surface area (Å²) < 4.78 is 20.8. The molecule has 26 heavy (non-hydrogen) atoms. The quantitative estimate of drug-likeness (QED) is 0.480. The third-order valence-corrected chi connectivity index (χ3v) is 4.82. The van der Waals surface area contributed by atoms with Gasteiger partial charge in [0.15, 0.2) is 17.0 Å². The minimum Gasteiger partial charge on any atom is -0.503 e. The van der Waals surface area contributed by atoms with E-state index in [9.17, 15) is 9.90 Å². The van der Waals surface area contributed by atoms with E-state index >= 15 is 0 Å². The summed E-state index contributed by atoms with van der Waals surface area (Å²) in [7, 11) is 1.60. The number of esters is 1. The average molecular weight is 384 g/mol.